The molecule has 27 heavy (non-hydrogen) atoms. The van der Waals surface area contributed by atoms with E-state index in [1.54, 1.807) is 24.3 Å². The van der Waals surface area contributed by atoms with E-state index in [4.69, 9.17) is 4.74 Å². The third-order valence-corrected chi connectivity index (χ3v) is 5.91. The van der Waals surface area contributed by atoms with Crippen LogP contribution in [0.2, 0.25) is 0 Å². The molecular weight excluding hydrogens is 362 g/mol. The molecule has 0 fully saturated rings. The lowest BCUT2D eigenvalue weighted by Crippen LogP contribution is -2.45. The van der Waals surface area contributed by atoms with E-state index in [0.29, 0.717) is 19.4 Å². The van der Waals surface area contributed by atoms with Crippen molar-refractivity contribution in [2.24, 2.45) is 0 Å². The predicted octanol–water partition coefficient (Wildman–Crippen LogP) is 3.41. The highest BCUT2D eigenvalue weighted by atomic mass is 32.2. The van der Waals surface area contributed by atoms with Crippen molar-refractivity contribution in [1.82, 2.24) is 4.72 Å². The van der Waals surface area contributed by atoms with Crippen molar-refractivity contribution in [3.8, 4) is 0 Å². The Hall–Kier alpha value is -1.73. The predicted molar refractivity (Wildman–Crippen MR) is 107 cm³/mol. The summed E-state index contributed by atoms with van der Waals surface area (Å²) < 4.78 is 34.3. The summed E-state index contributed by atoms with van der Waals surface area (Å²) in [5, 5.41) is 9.45. The van der Waals surface area contributed by atoms with Crippen molar-refractivity contribution >= 4 is 10.0 Å². The maximum atomic E-state index is 12.8. The van der Waals surface area contributed by atoms with Crippen LogP contribution in [0, 0.1) is 6.92 Å². The maximum Gasteiger partial charge on any atom is 0.240 e. The van der Waals surface area contributed by atoms with E-state index in [1.807, 2.05) is 44.2 Å². The van der Waals surface area contributed by atoms with Crippen molar-refractivity contribution < 1.29 is 18.3 Å². The van der Waals surface area contributed by atoms with E-state index in [-0.39, 0.29) is 17.6 Å². The largest absolute Gasteiger partial charge is 0.396 e. The number of hydrogen-bond acceptors (Lipinski definition) is 4. The first-order valence-electron chi connectivity index (χ1n) is 9.31. The first kappa shape index (κ1) is 21.6. The quantitative estimate of drug-likeness (QED) is 0.615. The SMILES string of the molecule is CCC[C@H](OCc1ccccc1)[C@H](CCO)NS(=O)(=O)c1ccc(C)cc1. The van der Waals surface area contributed by atoms with Gasteiger partial charge in [0.2, 0.25) is 10.0 Å². The monoisotopic (exact) mass is 391 g/mol. The van der Waals surface area contributed by atoms with Gasteiger partial charge in [-0.05, 0) is 37.5 Å². The summed E-state index contributed by atoms with van der Waals surface area (Å²) >= 11 is 0. The Morgan fingerprint density at radius 1 is 1.04 bits per heavy atom. The zero-order chi connectivity index (χ0) is 19.7. The van der Waals surface area contributed by atoms with Crippen LogP contribution in [0.3, 0.4) is 0 Å². The summed E-state index contributed by atoms with van der Waals surface area (Å²) in [6, 6.07) is 16.0. The van der Waals surface area contributed by atoms with Crippen LogP contribution in [-0.2, 0) is 21.4 Å². The second kappa shape index (κ2) is 10.6. The van der Waals surface area contributed by atoms with Crippen LogP contribution < -0.4 is 4.72 Å². The van der Waals surface area contributed by atoms with Crippen LogP contribution in [0.25, 0.3) is 0 Å². The summed E-state index contributed by atoms with van der Waals surface area (Å²) in [7, 11) is -3.69. The average molecular weight is 392 g/mol. The Morgan fingerprint density at radius 2 is 1.70 bits per heavy atom. The molecule has 0 bridgehead atoms. The van der Waals surface area contributed by atoms with Gasteiger partial charge in [0.05, 0.1) is 23.6 Å². The third kappa shape index (κ3) is 6.74. The number of nitrogens with one attached hydrogen (secondary N) is 1. The molecule has 2 atom stereocenters. The van der Waals surface area contributed by atoms with Crippen LogP contribution in [0.15, 0.2) is 59.5 Å². The molecule has 0 saturated carbocycles. The van der Waals surface area contributed by atoms with Gasteiger partial charge in [-0.2, -0.15) is 0 Å². The molecule has 0 saturated heterocycles. The lowest BCUT2D eigenvalue weighted by Gasteiger charge is -2.27. The molecule has 6 heteroatoms. The average Bonchev–Trinajstić information content (AvgIpc) is 2.66. The molecule has 2 aromatic carbocycles. The molecule has 0 radical (unpaired) electrons. The Labute approximate surface area is 162 Å². The Balaban J connectivity index is 2.14. The minimum absolute atomic E-state index is 0.115. The number of rotatable bonds is 11. The van der Waals surface area contributed by atoms with E-state index in [1.165, 1.54) is 0 Å². The van der Waals surface area contributed by atoms with Crippen LogP contribution in [0.5, 0.6) is 0 Å². The van der Waals surface area contributed by atoms with Crippen LogP contribution >= 0.6 is 0 Å². The first-order chi connectivity index (χ1) is 13.0. The minimum atomic E-state index is -3.69. The second-order valence-corrected chi connectivity index (χ2v) is 8.39. The number of ether oxygens (including phenoxy) is 1. The standard InChI is InChI=1S/C21H29NO4S/c1-3-7-21(26-16-18-8-5-4-6-9-18)20(14-15-23)22-27(24,25)19-12-10-17(2)11-13-19/h4-6,8-13,20-23H,3,7,14-16H2,1-2H3/t20-,21-/m0/s1. The fraction of sp³-hybridized carbons (Fsp3) is 0.429. The van der Waals surface area contributed by atoms with Gasteiger partial charge in [-0.1, -0.05) is 61.4 Å². The van der Waals surface area contributed by atoms with Crippen LogP contribution in [-0.4, -0.2) is 32.3 Å². The zero-order valence-electron chi connectivity index (χ0n) is 16.0. The van der Waals surface area contributed by atoms with Gasteiger partial charge in [-0.25, -0.2) is 13.1 Å². The molecule has 0 aromatic heterocycles. The third-order valence-electron chi connectivity index (χ3n) is 4.41. The zero-order valence-corrected chi connectivity index (χ0v) is 16.8. The molecule has 2 aromatic rings. The first-order valence-corrected chi connectivity index (χ1v) is 10.8. The molecular formula is C21H29NO4S. The van der Waals surface area contributed by atoms with Crippen molar-refractivity contribution in [1.29, 1.82) is 0 Å². The van der Waals surface area contributed by atoms with Gasteiger partial charge in [0.1, 0.15) is 0 Å². The van der Waals surface area contributed by atoms with Gasteiger partial charge in [0.15, 0.2) is 0 Å². The minimum Gasteiger partial charge on any atom is -0.396 e. The van der Waals surface area contributed by atoms with Crippen molar-refractivity contribution in [2.75, 3.05) is 6.61 Å². The van der Waals surface area contributed by atoms with E-state index in [2.05, 4.69) is 4.72 Å². The number of aliphatic hydroxyl groups excluding tert-OH is 1. The van der Waals surface area contributed by atoms with Gasteiger partial charge in [0.25, 0.3) is 0 Å². The number of hydrogen-bond donors (Lipinski definition) is 2. The molecule has 2 rings (SSSR count). The van der Waals surface area contributed by atoms with E-state index in [0.717, 1.165) is 17.5 Å². The summed E-state index contributed by atoms with van der Waals surface area (Å²) in [5.41, 5.74) is 2.03. The van der Waals surface area contributed by atoms with Gasteiger partial charge in [-0.3, -0.25) is 0 Å². The van der Waals surface area contributed by atoms with Crippen molar-refractivity contribution in [3.63, 3.8) is 0 Å². The molecule has 0 unspecified atom stereocenters. The number of aryl methyl sites for hydroxylation is 1. The molecule has 148 valence electrons. The highest BCUT2D eigenvalue weighted by Crippen LogP contribution is 2.17. The molecule has 0 aliphatic carbocycles. The lowest BCUT2D eigenvalue weighted by molar-refractivity contribution is 0.00860. The highest BCUT2D eigenvalue weighted by Gasteiger charge is 2.27. The Morgan fingerprint density at radius 3 is 2.30 bits per heavy atom. The van der Waals surface area contributed by atoms with E-state index in [9.17, 15) is 13.5 Å². The number of aliphatic hydroxyl groups is 1. The molecule has 0 spiro atoms. The molecule has 0 amide bonds. The molecule has 0 aliphatic rings. The van der Waals surface area contributed by atoms with Gasteiger partial charge >= 0.3 is 0 Å². The second-order valence-electron chi connectivity index (χ2n) is 6.68. The Bertz CT molecular complexity index is 776. The lowest BCUT2D eigenvalue weighted by atomic mass is 10.0. The number of benzene rings is 2. The van der Waals surface area contributed by atoms with Gasteiger partial charge in [0, 0.05) is 6.61 Å². The normalized spacial score (nSPS) is 14.0. The highest BCUT2D eigenvalue weighted by molar-refractivity contribution is 7.89. The topological polar surface area (TPSA) is 75.6 Å². The van der Waals surface area contributed by atoms with Gasteiger partial charge in [-0.15, -0.1) is 0 Å². The number of sulfonamides is 1. The summed E-state index contributed by atoms with van der Waals surface area (Å²) in [4.78, 5) is 0.217. The maximum absolute atomic E-state index is 12.8. The van der Waals surface area contributed by atoms with E-state index >= 15 is 0 Å². The van der Waals surface area contributed by atoms with E-state index < -0.39 is 16.1 Å². The smallest absolute Gasteiger partial charge is 0.240 e. The van der Waals surface area contributed by atoms with Gasteiger partial charge < -0.3 is 9.84 Å². The fourth-order valence-corrected chi connectivity index (χ4v) is 4.21. The van der Waals surface area contributed by atoms with Crippen molar-refractivity contribution in [3.05, 3.63) is 65.7 Å². The van der Waals surface area contributed by atoms with Crippen LogP contribution in [0.1, 0.15) is 37.3 Å². The van der Waals surface area contributed by atoms with Crippen LogP contribution in [0.4, 0.5) is 0 Å². The fourth-order valence-electron chi connectivity index (χ4n) is 2.91. The summed E-state index contributed by atoms with van der Waals surface area (Å²) in [5.74, 6) is 0. The molecule has 0 aliphatic heterocycles. The van der Waals surface area contributed by atoms with Crippen molar-refractivity contribution in [2.45, 2.75) is 56.8 Å². The summed E-state index contributed by atoms with van der Waals surface area (Å²) in [6.07, 6.45) is 1.54. The summed E-state index contributed by atoms with van der Waals surface area (Å²) in [6.45, 7) is 4.23. The molecule has 0 heterocycles. The molecule has 5 nitrogen and oxygen atoms in total. The molecule has 2 N–H and O–H groups in total. The Kier molecular flexibility index (Phi) is 8.44.